The van der Waals surface area contributed by atoms with Gasteiger partial charge in [-0.05, 0) is 31.5 Å². The molecule has 0 aliphatic heterocycles. The number of nitrogen functional groups attached to an aromatic ring is 1. The van der Waals surface area contributed by atoms with E-state index in [-0.39, 0.29) is 0 Å². The van der Waals surface area contributed by atoms with Crippen molar-refractivity contribution in [2.45, 2.75) is 18.1 Å². The van der Waals surface area contributed by atoms with E-state index in [0.717, 1.165) is 5.39 Å². The molecule has 0 saturated carbocycles. The summed E-state index contributed by atoms with van der Waals surface area (Å²) in [6.45, 7) is 1.74. The molecule has 1 atom stereocenters. The molecule has 4 nitrogen and oxygen atoms in total. The lowest BCUT2D eigenvalue weighted by Crippen LogP contribution is -2.37. The van der Waals surface area contributed by atoms with Gasteiger partial charge in [-0.25, -0.2) is 12.4 Å². The molecular formula is C15H16N2O2S. The molecule has 0 spiro atoms. The van der Waals surface area contributed by atoms with E-state index >= 15 is 0 Å². The highest BCUT2D eigenvalue weighted by atomic mass is 32.2. The smallest absolute Gasteiger partial charge is 0.248 e. The number of aromatic nitrogens is 1. The topological polar surface area (TPSA) is 65.1 Å². The van der Waals surface area contributed by atoms with E-state index in [2.05, 4.69) is 0 Å². The van der Waals surface area contributed by atoms with Crippen LogP contribution in [0, 0.1) is 0 Å². The molecule has 1 aromatic heterocycles. The summed E-state index contributed by atoms with van der Waals surface area (Å²) in [4.78, 5) is 0. The maximum atomic E-state index is 12.9. The van der Waals surface area contributed by atoms with E-state index < -0.39 is 14.8 Å². The zero-order valence-corrected chi connectivity index (χ0v) is 12.0. The minimum atomic E-state index is -3.54. The van der Waals surface area contributed by atoms with Gasteiger partial charge in [0.2, 0.25) is 10.0 Å². The van der Waals surface area contributed by atoms with Crippen molar-refractivity contribution in [2.75, 3.05) is 5.73 Å². The van der Waals surface area contributed by atoms with Crippen LogP contribution in [-0.2, 0) is 10.0 Å². The average Bonchev–Trinajstić information content (AvgIpc) is 2.85. The second-order valence-electron chi connectivity index (χ2n) is 5.20. The third kappa shape index (κ3) is 1.70. The SMILES string of the molecule is CC1(S(=O)(=O)n2ccc3c(N)cccc32)C=CC=CC1. The summed E-state index contributed by atoms with van der Waals surface area (Å²) in [6, 6.07) is 7.05. The number of hydrogen-bond donors (Lipinski definition) is 1. The molecule has 1 unspecified atom stereocenters. The van der Waals surface area contributed by atoms with E-state index in [1.807, 2.05) is 12.2 Å². The molecular weight excluding hydrogens is 272 g/mol. The van der Waals surface area contributed by atoms with Crippen molar-refractivity contribution >= 4 is 26.6 Å². The van der Waals surface area contributed by atoms with E-state index in [4.69, 9.17) is 5.73 Å². The lowest BCUT2D eigenvalue weighted by Gasteiger charge is -2.27. The Morgan fingerprint density at radius 3 is 2.75 bits per heavy atom. The first-order valence-corrected chi connectivity index (χ1v) is 7.85. The normalized spacial score (nSPS) is 22.4. The van der Waals surface area contributed by atoms with Crippen LogP contribution < -0.4 is 5.73 Å². The molecule has 0 fully saturated rings. The third-order valence-corrected chi connectivity index (χ3v) is 6.12. The van der Waals surface area contributed by atoms with Crippen LogP contribution in [-0.4, -0.2) is 17.1 Å². The summed E-state index contributed by atoms with van der Waals surface area (Å²) in [5.74, 6) is 0. The van der Waals surface area contributed by atoms with Gasteiger partial charge in [-0.15, -0.1) is 0 Å². The van der Waals surface area contributed by atoms with Crippen molar-refractivity contribution in [1.29, 1.82) is 0 Å². The highest BCUT2D eigenvalue weighted by Gasteiger charge is 2.38. The minimum Gasteiger partial charge on any atom is -0.398 e. The van der Waals surface area contributed by atoms with Gasteiger partial charge in [0.05, 0.1) is 5.52 Å². The summed E-state index contributed by atoms with van der Waals surface area (Å²) in [5, 5.41) is 0.759. The molecule has 1 aliphatic rings. The molecule has 0 radical (unpaired) electrons. The fraction of sp³-hybridized carbons (Fsp3) is 0.200. The van der Waals surface area contributed by atoms with Crippen molar-refractivity contribution in [3.05, 3.63) is 54.8 Å². The Balaban J connectivity index is 2.23. The first-order chi connectivity index (χ1) is 9.46. The number of anilines is 1. The predicted molar refractivity (Wildman–Crippen MR) is 82.0 cm³/mol. The Hall–Kier alpha value is -2.01. The van der Waals surface area contributed by atoms with Crippen molar-refractivity contribution in [2.24, 2.45) is 0 Å². The van der Waals surface area contributed by atoms with Gasteiger partial charge in [-0.1, -0.05) is 30.4 Å². The highest BCUT2D eigenvalue weighted by Crippen LogP contribution is 2.32. The van der Waals surface area contributed by atoms with Crippen LogP contribution in [0.25, 0.3) is 10.9 Å². The molecule has 2 N–H and O–H groups in total. The fourth-order valence-corrected chi connectivity index (χ4v) is 4.15. The van der Waals surface area contributed by atoms with Crippen LogP contribution in [0.5, 0.6) is 0 Å². The van der Waals surface area contributed by atoms with E-state index in [1.54, 1.807) is 49.5 Å². The lowest BCUT2D eigenvalue weighted by molar-refractivity contribution is 0.555. The number of benzene rings is 1. The van der Waals surface area contributed by atoms with Crippen molar-refractivity contribution in [3.8, 4) is 0 Å². The molecule has 1 aromatic carbocycles. The van der Waals surface area contributed by atoms with Gasteiger partial charge in [-0.3, -0.25) is 0 Å². The summed E-state index contributed by atoms with van der Waals surface area (Å²) in [5.41, 5.74) is 7.09. The number of fused-ring (bicyclic) bond motifs is 1. The van der Waals surface area contributed by atoms with E-state index in [1.165, 1.54) is 3.97 Å². The van der Waals surface area contributed by atoms with Crippen molar-refractivity contribution in [1.82, 2.24) is 3.97 Å². The average molecular weight is 288 g/mol. The van der Waals surface area contributed by atoms with Gasteiger partial charge < -0.3 is 5.73 Å². The molecule has 0 amide bonds. The Morgan fingerprint density at radius 1 is 1.25 bits per heavy atom. The molecule has 20 heavy (non-hydrogen) atoms. The predicted octanol–water partition coefficient (Wildman–Crippen LogP) is 2.68. The van der Waals surface area contributed by atoms with Gasteiger partial charge >= 0.3 is 0 Å². The van der Waals surface area contributed by atoms with Gasteiger partial charge in [0.15, 0.2) is 0 Å². The molecule has 104 valence electrons. The molecule has 5 heteroatoms. The summed E-state index contributed by atoms with van der Waals surface area (Å²) >= 11 is 0. The second kappa shape index (κ2) is 4.24. The van der Waals surface area contributed by atoms with Gasteiger partial charge in [-0.2, -0.15) is 0 Å². The Morgan fingerprint density at radius 2 is 2.05 bits per heavy atom. The highest BCUT2D eigenvalue weighted by molar-refractivity contribution is 7.91. The zero-order valence-electron chi connectivity index (χ0n) is 11.2. The summed E-state index contributed by atoms with van der Waals surface area (Å²) in [7, 11) is -3.54. The maximum Gasteiger partial charge on any atom is 0.248 e. The van der Waals surface area contributed by atoms with Crippen LogP contribution in [0.4, 0.5) is 5.69 Å². The number of nitrogens with two attached hydrogens (primary N) is 1. The van der Waals surface area contributed by atoms with Crippen LogP contribution >= 0.6 is 0 Å². The van der Waals surface area contributed by atoms with Gasteiger partial charge in [0, 0.05) is 17.3 Å². The molecule has 1 aliphatic carbocycles. The van der Waals surface area contributed by atoms with Crippen LogP contribution in [0.3, 0.4) is 0 Å². The molecule has 0 bridgehead atoms. The quantitative estimate of drug-likeness (QED) is 0.864. The first-order valence-electron chi connectivity index (χ1n) is 6.41. The molecule has 3 rings (SSSR count). The number of hydrogen-bond acceptors (Lipinski definition) is 3. The van der Waals surface area contributed by atoms with Crippen LogP contribution in [0.1, 0.15) is 13.3 Å². The fourth-order valence-electron chi connectivity index (χ4n) is 2.50. The number of rotatable bonds is 2. The van der Waals surface area contributed by atoms with Crippen LogP contribution in [0.2, 0.25) is 0 Å². The number of allylic oxidation sites excluding steroid dienone is 3. The van der Waals surface area contributed by atoms with E-state index in [9.17, 15) is 8.42 Å². The number of nitrogens with zero attached hydrogens (tertiary/aromatic N) is 1. The Labute approximate surface area is 118 Å². The first kappa shape index (κ1) is 13.0. The monoisotopic (exact) mass is 288 g/mol. The Bertz CT molecular complexity index is 831. The van der Waals surface area contributed by atoms with Gasteiger partial charge in [0.25, 0.3) is 0 Å². The van der Waals surface area contributed by atoms with E-state index in [0.29, 0.717) is 17.6 Å². The Kier molecular flexibility index (Phi) is 2.76. The van der Waals surface area contributed by atoms with Crippen molar-refractivity contribution < 1.29 is 8.42 Å². The summed E-state index contributed by atoms with van der Waals surface area (Å²) < 4.78 is 26.3. The largest absolute Gasteiger partial charge is 0.398 e. The van der Waals surface area contributed by atoms with Gasteiger partial charge in [0.1, 0.15) is 4.75 Å². The third-order valence-electron chi connectivity index (χ3n) is 3.80. The molecule has 0 saturated heterocycles. The maximum absolute atomic E-state index is 12.9. The van der Waals surface area contributed by atoms with Crippen LogP contribution in [0.15, 0.2) is 54.8 Å². The zero-order chi connectivity index (χ0) is 14.4. The second-order valence-corrected chi connectivity index (χ2v) is 7.48. The minimum absolute atomic E-state index is 0.466. The molecule has 2 aromatic rings. The molecule has 1 heterocycles. The standard InChI is InChI=1S/C15H16N2O2S/c1-15(9-3-2-4-10-15)20(18,19)17-11-8-12-13(16)6-5-7-14(12)17/h2-9,11H,10,16H2,1H3. The summed E-state index contributed by atoms with van der Waals surface area (Å²) in [6.07, 6.45) is 9.30. The van der Waals surface area contributed by atoms with Crippen molar-refractivity contribution in [3.63, 3.8) is 0 Å². The lowest BCUT2D eigenvalue weighted by atomic mass is 10.0.